The number of hydrogen-bond donors (Lipinski definition) is 2. The Morgan fingerprint density at radius 1 is 1.06 bits per heavy atom. The summed E-state index contributed by atoms with van der Waals surface area (Å²) in [5.74, 6) is -1.43. The average Bonchev–Trinajstić information content (AvgIpc) is 2.26. The monoisotopic (exact) mass is 226 g/mol. The molecule has 0 radical (unpaired) electrons. The summed E-state index contributed by atoms with van der Waals surface area (Å²) in [6.45, 7) is 2.44. The molecule has 86 valence electrons. The molecule has 0 atom stereocenters. The van der Waals surface area contributed by atoms with E-state index >= 15 is 0 Å². The number of hydrogen-bond acceptors (Lipinski definition) is 6. The van der Waals surface area contributed by atoms with E-state index in [0.717, 1.165) is 0 Å². The van der Waals surface area contributed by atoms with Crippen LogP contribution in [-0.2, 0) is 0 Å². The number of ketones is 2. The molecule has 0 aliphatic carbocycles. The lowest BCUT2D eigenvalue weighted by molar-refractivity contribution is -0.145. The molecular weight excluding hydrogens is 216 g/mol. The molecular formula is C10H10O6. The van der Waals surface area contributed by atoms with E-state index in [4.69, 9.17) is 10.5 Å². The lowest BCUT2D eigenvalue weighted by atomic mass is 10.0. The topological polar surface area (TPSA) is 93.1 Å². The highest BCUT2D eigenvalue weighted by Crippen LogP contribution is 2.32. The maximum Gasteiger partial charge on any atom is 0.190 e. The van der Waals surface area contributed by atoms with Crippen molar-refractivity contribution in [2.24, 2.45) is 0 Å². The molecule has 0 aliphatic rings. The molecule has 0 unspecified atom stereocenters. The Morgan fingerprint density at radius 2 is 1.69 bits per heavy atom. The van der Waals surface area contributed by atoms with Gasteiger partial charge in [-0.3, -0.25) is 9.59 Å². The molecule has 0 aromatic heterocycles. The number of rotatable bonds is 4. The van der Waals surface area contributed by atoms with E-state index in [1.54, 1.807) is 0 Å². The van der Waals surface area contributed by atoms with E-state index in [1.807, 2.05) is 0 Å². The normalized spacial score (nSPS) is 9.75. The molecule has 1 aromatic carbocycles. The second-order valence-electron chi connectivity index (χ2n) is 3.11. The molecule has 0 fully saturated rings. The van der Waals surface area contributed by atoms with Crippen molar-refractivity contribution in [3.63, 3.8) is 0 Å². The van der Waals surface area contributed by atoms with E-state index in [0.29, 0.717) is 0 Å². The van der Waals surface area contributed by atoms with Crippen LogP contribution < -0.4 is 9.78 Å². The minimum atomic E-state index is -0.517. The van der Waals surface area contributed by atoms with Gasteiger partial charge in [0.05, 0.1) is 5.56 Å². The van der Waals surface area contributed by atoms with E-state index in [9.17, 15) is 9.59 Å². The Balaban J connectivity index is 3.56. The maximum absolute atomic E-state index is 11.3. The summed E-state index contributed by atoms with van der Waals surface area (Å²) >= 11 is 0. The Kier molecular flexibility index (Phi) is 3.60. The highest BCUT2D eigenvalue weighted by Gasteiger charge is 2.22. The van der Waals surface area contributed by atoms with Gasteiger partial charge in [-0.2, -0.15) is 0 Å². The SMILES string of the molecule is CC(=O)c1ccc(OO)c(C(C)=O)c1OO. The van der Waals surface area contributed by atoms with Crippen LogP contribution in [0.4, 0.5) is 0 Å². The van der Waals surface area contributed by atoms with Crippen molar-refractivity contribution < 1.29 is 29.9 Å². The molecule has 1 rings (SSSR count). The first-order valence-corrected chi connectivity index (χ1v) is 4.34. The summed E-state index contributed by atoms with van der Waals surface area (Å²) in [5, 5.41) is 17.2. The fraction of sp³-hybridized carbons (Fsp3) is 0.200. The predicted molar refractivity (Wildman–Crippen MR) is 53.0 cm³/mol. The number of carbonyl (C=O) groups is 2. The molecule has 0 aliphatic heterocycles. The van der Waals surface area contributed by atoms with Crippen LogP contribution >= 0.6 is 0 Å². The summed E-state index contributed by atoms with van der Waals surface area (Å²) in [6, 6.07) is 2.50. The summed E-state index contributed by atoms with van der Waals surface area (Å²) < 4.78 is 0. The van der Waals surface area contributed by atoms with Gasteiger partial charge in [0, 0.05) is 0 Å². The maximum atomic E-state index is 11.3. The third kappa shape index (κ3) is 2.02. The van der Waals surface area contributed by atoms with E-state index in [-0.39, 0.29) is 22.6 Å². The molecule has 0 saturated carbocycles. The first-order valence-electron chi connectivity index (χ1n) is 4.34. The molecule has 0 saturated heterocycles. The second kappa shape index (κ2) is 4.73. The van der Waals surface area contributed by atoms with Gasteiger partial charge in [-0.1, -0.05) is 0 Å². The fourth-order valence-corrected chi connectivity index (χ4v) is 1.35. The van der Waals surface area contributed by atoms with Crippen molar-refractivity contribution in [2.75, 3.05) is 0 Å². The highest BCUT2D eigenvalue weighted by molar-refractivity contribution is 6.05. The lowest BCUT2D eigenvalue weighted by Gasteiger charge is -2.10. The Labute approximate surface area is 90.9 Å². The molecule has 6 nitrogen and oxygen atoms in total. The van der Waals surface area contributed by atoms with Crippen molar-refractivity contribution in [2.45, 2.75) is 13.8 Å². The van der Waals surface area contributed by atoms with Crippen LogP contribution in [0.15, 0.2) is 12.1 Å². The summed E-state index contributed by atoms with van der Waals surface area (Å²) in [5.41, 5.74) is -0.175. The fourth-order valence-electron chi connectivity index (χ4n) is 1.35. The Bertz CT molecular complexity index is 437. The van der Waals surface area contributed by atoms with Gasteiger partial charge in [0.25, 0.3) is 0 Å². The lowest BCUT2D eigenvalue weighted by Crippen LogP contribution is -2.07. The van der Waals surface area contributed by atoms with Gasteiger partial charge in [0.15, 0.2) is 23.1 Å². The third-order valence-electron chi connectivity index (χ3n) is 2.04. The second-order valence-corrected chi connectivity index (χ2v) is 3.11. The summed E-state index contributed by atoms with van der Waals surface area (Å²) in [4.78, 5) is 30.4. The largest absolute Gasteiger partial charge is 0.339 e. The molecule has 0 heterocycles. The molecule has 0 bridgehead atoms. The Morgan fingerprint density at radius 3 is 2.06 bits per heavy atom. The zero-order chi connectivity index (χ0) is 12.3. The standard InChI is InChI=1S/C10H10O6/c1-5(11)7-3-4-8(15-13)9(6(2)12)10(7)16-14/h3-4,13-14H,1-2H3. The molecule has 0 spiro atoms. The summed E-state index contributed by atoms with van der Waals surface area (Å²) in [6.07, 6.45) is 0. The van der Waals surface area contributed by atoms with Gasteiger partial charge < -0.3 is 9.78 Å². The molecule has 16 heavy (non-hydrogen) atoms. The van der Waals surface area contributed by atoms with Gasteiger partial charge in [0.2, 0.25) is 0 Å². The van der Waals surface area contributed by atoms with Gasteiger partial charge in [0.1, 0.15) is 5.56 Å². The van der Waals surface area contributed by atoms with Crippen LogP contribution in [0.5, 0.6) is 11.5 Å². The van der Waals surface area contributed by atoms with Crippen molar-refractivity contribution in [3.8, 4) is 11.5 Å². The van der Waals surface area contributed by atoms with Crippen LogP contribution in [0.1, 0.15) is 34.6 Å². The van der Waals surface area contributed by atoms with E-state index in [1.165, 1.54) is 26.0 Å². The van der Waals surface area contributed by atoms with Crippen LogP contribution in [0, 0.1) is 0 Å². The Hall–Kier alpha value is -1.92. The van der Waals surface area contributed by atoms with Crippen molar-refractivity contribution in [3.05, 3.63) is 23.3 Å². The van der Waals surface area contributed by atoms with Crippen LogP contribution in [-0.4, -0.2) is 22.1 Å². The zero-order valence-corrected chi connectivity index (χ0v) is 8.68. The van der Waals surface area contributed by atoms with Crippen LogP contribution in [0.3, 0.4) is 0 Å². The van der Waals surface area contributed by atoms with Crippen LogP contribution in [0.2, 0.25) is 0 Å². The van der Waals surface area contributed by atoms with Crippen molar-refractivity contribution in [1.29, 1.82) is 0 Å². The minimum absolute atomic E-state index is 0.0218. The average molecular weight is 226 g/mol. The van der Waals surface area contributed by atoms with Gasteiger partial charge in [-0.15, -0.1) is 0 Å². The third-order valence-corrected chi connectivity index (χ3v) is 2.04. The van der Waals surface area contributed by atoms with Gasteiger partial charge in [-0.05, 0) is 26.0 Å². The van der Waals surface area contributed by atoms with E-state index in [2.05, 4.69) is 9.78 Å². The molecule has 2 N–H and O–H groups in total. The molecule has 6 heteroatoms. The smallest absolute Gasteiger partial charge is 0.190 e. The first-order chi connectivity index (χ1) is 7.52. The molecule has 0 amide bonds. The number of benzene rings is 1. The quantitative estimate of drug-likeness (QED) is 0.462. The predicted octanol–water partition coefficient (Wildman–Crippen LogP) is 1.80. The number of carbonyl (C=O) groups excluding carboxylic acids is 2. The van der Waals surface area contributed by atoms with Crippen LogP contribution in [0.25, 0.3) is 0 Å². The van der Waals surface area contributed by atoms with Crippen molar-refractivity contribution in [1.82, 2.24) is 0 Å². The zero-order valence-electron chi connectivity index (χ0n) is 8.68. The van der Waals surface area contributed by atoms with Gasteiger partial charge in [-0.25, -0.2) is 10.5 Å². The first kappa shape index (κ1) is 12.2. The minimum Gasteiger partial charge on any atom is -0.339 e. The molecule has 1 aromatic rings. The van der Waals surface area contributed by atoms with E-state index < -0.39 is 11.6 Å². The summed E-state index contributed by atoms with van der Waals surface area (Å²) in [7, 11) is 0. The highest BCUT2D eigenvalue weighted by atomic mass is 17.1. The number of Topliss-reactive ketones (excluding diaryl/α,β-unsaturated/α-hetero) is 2. The van der Waals surface area contributed by atoms with Crippen molar-refractivity contribution >= 4 is 11.6 Å². The van der Waals surface area contributed by atoms with Gasteiger partial charge >= 0.3 is 0 Å².